The van der Waals surface area contributed by atoms with Crippen molar-refractivity contribution in [3.8, 4) is 5.75 Å². The van der Waals surface area contributed by atoms with Crippen molar-refractivity contribution in [1.29, 1.82) is 0 Å². The topological polar surface area (TPSA) is 26.3 Å². The van der Waals surface area contributed by atoms with Crippen LogP contribution in [0.2, 0.25) is 0 Å². The molecule has 2 rings (SSSR count). The summed E-state index contributed by atoms with van der Waals surface area (Å²) in [6.45, 7) is 7.77. The molecule has 0 saturated carbocycles. The molecule has 0 amide bonds. The summed E-state index contributed by atoms with van der Waals surface area (Å²) in [6.07, 6.45) is 15.2. The van der Waals surface area contributed by atoms with E-state index in [1.165, 1.54) is 63.2 Å². The van der Waals surface area contributed by atoms with Crippen molar-refractivity contribution in [3.63, 3.8) is 0 Å². The molecule has 0 aliphatic rings. The number of hydrogen-bond acceptors (Lipinski definition) is 2. The van der Waals surface area contributed by atoms with Crippen molar-refractivity contribution in [2.45, 2.75) is 65.7 Å². The average molecular weight is 443 g/mol. The van der Waals surface area contributed by atoms with Gasteiger partial charge in [-0.05, 0) is 0 Å². The van der Waals surface area contributed by atoms with E-state index in [1.54, 1.807) is 0 Å². The van der Waals surface area contributed by atoms with Gasteiger partial charge in [-0.1, -0.05) is 6.07 Å². The Balaban J connectivity index is 1.88. The number of benzene rings is 2. The summed E-state index contributed by atoms with van der Waals surface area (Å²) in [5.74, 6) is 0.929. The van der Waals surface area contributed by atoms with E-state index in [0.29, 0.717) is 5.56 Å². The van der Waals surface area contributed by atoms with Crippen molar-refractivity contribution < 1.29 is 9.53 Å². The maximum atomic E-state index is 12.6. The van der Waals surface area contributed by atoms with Gasteiger partial charge in [0.05, 0.1) is 0 Å². The van der Waals surface area contributed by atoms with Crippen molar-refractivity contribution in [2.24, 2.45) is 0 Å². The van der Waals surface area contributed by atoms with Gasteiger partial charge in [0.15, 0.2) is 0 Å². The number of carbonyl (C=O) groups is 1. The monoisotopic (exact) mass is 442 g/mol. The molecule has 0 spiro atoms. The van der Waals surface area contributed by atoms with Gasteiger partial charge in [-0.25, -0.2) is 0 Å². The van der Waals surface area contributed by atoms with Crippen LogP contribution in [0.4, 0.5) is 0 Å². The van der Waals surface area contributed by atoms with E-state index in [9.17, 15) is 4.79 Å². The Morgan fingerprint density at radius 3 is 1.68 bits per heavy atom. The van der Waals surface area contributed by atoms with Crippen LogP contribution in [0.1, 0.15) is 81.6 Å². The second kappa shape index (κ2) is 14.4. The quantitative estimate of drug-likeness (QED) is 0.150. The van der Waals surface area contributed by atoms with Crippen LogP contribution in [-0.2, 0) is 0 Å². The first-order chi connectivity index (χ1) is 15.1. The molecule has 0 unspecified atom stereocenters. The fourth-order valence-electron chi connectivity index (χ4n) is 4.50. The first-order valence-corrected chi connectivity index (χ1v) is 15.3. The number of rotatable bonds is 16. The molecule has 0 aliphatic carbocycles. The van der Waals surface area contributed by atoms with Gasteiger partial charge in [0.2, 0.25) is 0 Å². The van der Waals surface area contributed by atoms with Gasteiger partial charge < -0.3 is 0 Å². The van der Waals surface area contributed by atoms with Crippen molar-refractivity contribution in [1.82, 2.24) is 0 Å². The molecule has 2 aromatic rings. The summed E-state index contributed by atoms with van der Waals surface area (Å²) in [5.41, 5.74) is 1.44. The number of hydrogen-bond donors (Lipinski definition) is 0. The number of ketones is 1. The molecule has 0 radical (unpaired) electrons. The zero-order valence-corrected chi connectivity index (χ0v) is 21.0. The van der Waals surface area contributed by atoms with Crippen LogP contribution in [0.15, 0.2) is 54.6 Å². The predicted octanol–water partition coefficient (Wildman–Crippen LogP) is 7.84. The predicted molar refractivity (Wildman–Crippen MR) is 139 cm³/mol. The van der Waals surface area contributed by atoms with Gasteiger partial charge in [-0.3, -0.25) is 0 Å². The third-order valence-corrected chi connectivity index (χ3v) is 12.1. The first-order valence-electron chi connectivity index (χ1n) is 12.5. The van der Waals surface area contributed by atoms with Crippen LogP contribution < -0.4 is 4.74 Å². The maximum absolute atomic E-state index is 12.6. The summed E-state index contributed by atoms with van der Waals surface area (Å²) in [6, 6.07) is 17.1. The summed E-state index contributed by atoms with van der Waals surface area (Å²) >= 11 is 0. The van der Waals surface area contributed by atoms with E-state index in [4.69, 9.17) is 4.74 Å². The second-order valence-corrected chi connectivity index (χ2v) is 14.0. The van der Waals surface area contributed by atoms with Crippen LogP contribution in [0.5, 0.6) is 5.75 Å². The van der Waals surface area contributed by atoms with Gasteiger partial charge in [0.25, 0.3) is 0 Å². The van der Waals surface area contributed by atoms with Crippen LogP contribution in [0.3, 0.4) is 0 Å². The minimum atomic E-state index is -1.18. The van der Waals surface area contributed by atoms with Gasteiger partial charge >= 0.3 is 185 Å². The molecule has 0 bridgehead atoms. The van der Waals surface area contributed by atoms with E-state index in [0.717, 1.165) is 24.3 Å². The molecule has 3 heteroatoms. The SMILES string of the molecule is CCCC[PH](CCCC)(CCCC)CCCOc1ccc(C(=O)c2ccccc2)cc1. The fourth-order valence-corrected chi connectivity index (χ4v) is 10.2. The Labute approximate surface area is 191 Å². The van der Waals surface area contributed by atoms with E-state index >= 15 is 0 Å². The molecule has 172 valence electrons. The molecular weight excluding hydrogens is 399 g/mol. The molecule has 0 heterocycles. The fraction of sp³-hybridized carbons (Fsp3) is 0.536. The molecule has 2 nitrogen and oxygen atoms in total. The third kappa shape index (κ3) is 8.77. The zero-order chi connectivity index (χ0) is 22.4. The van der Waals surface area contributed by atoms with Crippen molar-refractivity contribution >= 4 is 13.0 Å². The van der Waals surface area contributed by atoms with Gasteiger partial charge in [0, 0.05) is 0 Å². The molecule has 0 N–H and O–H groups in total. The minimum absolute atomic E-state index is 0.0608. The summed E-state index contributed by atoms with van der Waals surface area (Å²) in [5, 5.41) is 0. The molecule has 0 saturated heterocycles. The molecule has 0 aliphatic heterocycles. The first kappa shape index (κ1) is 25.6. The second-order valence-electron chi connectivity index (χ2n) is 8.98. The Bertz CT molecular complexity index is 718. The van der Waals surface area contributed by atoms with E-state index < -0.39 is 7.26 Å². The Morgan fingerprint density at radius 2 is 1.16 bits per heavy atom. The van der Waals surface area contributed by atoms with E-state index in [-0.39, 0.29) is 5.78 Å². The summed E-state index contributed by atoms with van der Waals surface area (Å²) in [4.78, 5) is 12.6. The molecule has 2 aromatic carbocycles. The van der Waals surface area contributed by atoms with Gasteiger partial charge in [-0.15, -0.1) is 0 Å². The normalized spacial score (nSPS) is 12.0. The van der Waals surface area contributed by atoms with Crippen LogP contribution in [0, 0.1) is 0 Å². The number of carbonyl (C=O) groups excluding carboxylic acids is 1. The Morgan fingerprint density at radius 1 is 0.677 bits per heavy atom. The Kier molecular flexibility index (Phi) is 11.9. The molecular formula is C28H43O2P. The van der Waals surface area contributed by atoms with Gasteiger partial charge in [0.1, 0.15) is 0 Å². The molecule has 0 aromatic heterocycles. The summed E-state index contributed by atoms with van der Waals surface area (Å²) < 4.78 is 6.07. The van der Waals surface area contributed by atoms with Crippen LogP contribution in [-0.4, -0.2) is 37.0 Å². The third-order valence-electron chi connectivity index (χ3n) is 6.45. The van der Waals surface area contributed by atoms with Crippen LogP contribution >= 0.6 is 7.26 Å². The number of ether oxygens (including phenoxy) is 1. The van der Waals surface area contributed by atoms with E-state index in [1.807, 2.05) is 54.6 Å². The average Bonchev–Trinajstić information content (AvgIpc) is 2.83. The van der Waals surface area contributed by atoms with Crippen molar-refractivity contribution in [2.75, 3.05) is 31.3 Å². The zero-order valence-electron chi connectivity index (χ0n) is 20.0. The summed E-state index contributed by atoms with van der Waals surface area (Å²) in [7, 11) is -1.18. The molecule has 0 atom stereocenters. The van der Waals surface area contributed by atoms with Gasteiger partial charge in [-0.2, -0.15) is 0 Å². The van der Waals surface area contributed by atoms with E-state index in [2.05, 4.69) is 20.8 Å². The van der Waals surface area contributed by atoms with Crippen molar-refractivity contribution in [3.05, 3.63) is 65.7 Å². The van der Waals surface area contributed by atoms with Crippen LogP contribution in [0.25, 0.3) is 0 Å². The Hall–Kier alpha value is -1.66. The molecule has 0 fully saturated rings. The number of unbranched alkanes of at least 4 members (excludes halogenated alkanes) is 3. The molecule has 31 heavy (non-hydrogen) atoms. The standard InChI is InChI=1S/C28H43O2P/c1-4-7-21-31(22-8-5-2,23-9-6-3)24-13-20-30-27-18-16-26(17-19-27)28(29)25-14-11-10-12-15-25/h10-12,14-19,31H,4-9,13,20-24H2,1-3H3.